The van der Waals surface area contributed by atoms with Gasteiger partial charge in [0.2, 0.25) is 0 Å². The van der Waals surface area contributed by atoms with Gasteiger partial charge < -0.3 is 13.6 Å². The fourth-order valence-corrected chi connectivity index (χ4v) is 7.94. The molecule has 0 aliphatic carbocycles. The minimum atomic E-state index is 0.913. The van der Waals surface area contributed by atoms with Gasteiger partial charge in [0.25, 0.3) is 0 Å². The van der Waals surface area contributed by atoms with E-state index in [-0.39, 0.29) is 0 Å². The van der Waals surface area contributed by atoms with Crippen molar-refractivity contribution >= 4 is 71.6 Å². The van der Waals surface area contributed by atoms with Crippen molar-refractivity contribution in [2.75, 3.05) is 0 Å². The zero-order chi connectivity index (χ0) is 33.3. The van der Waals surface area contributed by atoms with Gasteiger partial charge in [-0.3, -0.25) is 0 Å². The molecule has 0 unspecified atom stereocenters. The number of para-hydroxylation sites is 4. The highest BCUT2D eigenvalue weighted by Gasteiger charge is 2.21. The number of aromatic nitrogens is 2. The van der Waals surface area contributed by atoms with Crippen molar-refractivity contribution in [2.45, 2.75) is 6.92 Å². The summed E-state index contributed by atoms with van der Waals surface area (Å²) in [6, 6.07) is 52.5. The van der Waals surface area contributed by atoms with Gasteiger partial charge in [-0.1, -0.05) is 122 Å². The molecule has 0 aliphatic heterocycles. The summed E-state index contributed by atoms with van der Waals surface area (Å²) in [6.07, 6.45) is 5.97. The van der Waals surface area contributed by atoms with Crippen LogP contribution in [0.2, 0.25) is 0 Å². The maximum Gasteiger partial charge on any atom is 0.143 e. The number of hydrogen-bond donors (Lipinski definition) is 0. The lowest BCUT2D eigenvalue weighted by Crippen LogP contribution is -1.96. The molecule has 0 amide bonds. The second kappa shape index (κ2) is 11.0. The molecule has 3 nitrogen and oxygen atoms in total. The lowest BCUT2D eigenvalue weighted by atomic mass is 10.0. The van der Waals surface area contributed by atoms with Gasteiger partial charge in [0, 0.05) is 49.3 Å². The average molecular weight is 641 g/mol. The first kappa shape index (κ1) is 28.4. The molecular formula is C47H32N2O. The quantitative estimate of drug-likeness (QED) is 0.172. The molecule has 50 heavy (non-hydrogen) atoms. The van der Waals surface area contributed by atoms with E-state index >= 15 is 0 Å². The lowest BCUT2D eigenvalue weighted by molar-refractivity contribution is 0.670. The van der Waals surface area contributed by atoms with Crippen molar-refractivity contribution in [3.8, 4) is 22.5 Å². The standard InChI is InChI=1S/C47H32N2O/c1-3-4-12-32-29-34(24-21-30(32)2)49-41-18-8-5-13-36(41)38-27-28-43-45(46(38)49)40-15-6-9-19-42(40)48(43)33-25-22-31(23-26-33)35-16-11-17-39-37-14-7-10-20-44(37)50-47(35)39/h3-29H,1H2,2H3/b12-4-. The van der Waals surface area contributed by atoms with Crippen LogP contribution in [0, 0.1) is 6.92 Å². The second-order valence-corrected chi connectivity index (χ2v) is 13.0. The first-order valence-corrected chi connectivity index (χ1v) is 17.1. The van der Waals surface area contributed by atoms with Crippen molar-refractivity contribution < 1.29 is 4.42 Å². The number of furan rings is 1. The van der Waals surface area contributed by atoms with E-state index in [0.29, 0.717) is 0 Å². The first-order chi connectivity index (χ1) is 24.7. The van der Waals surface area contributed by atoms with Crippen molar-refractivity contribution in [3.05, 3.63) is 175 Å². The molecule has 0 saturated carbocycles. The highest BCUT2D eigenvalue weighted by Crippen LogP contribution is 2.43. The Bertz CT molecular complexity index is 3000. The molecule has 3 heterocycles. The van der Waals surface area contributed by atoms with Crippen molar-refractivity contribution in [3.63, 3.8) is 0 Å². The highest BCUT2D eigenvalue weighted by molar-refractivity contribution is 6.26. The van der Waals surface area contributed by atoms with Crippen molar-refractivity contribution in [2.24, 2.45) is 0 Å². The van der Waals surface area contributed by atoms with E-state index in [4.69, 9.17) is 4.42 Å². The molecule has 0 N–H and O–H groups in total. The lowest BCUT2D eigenvalue weighted by Gasteiger charge is -2.12. The van der Waals surface area contributed by atoms with Crippen LogP contribution in [0.15, 0.2) is 169 Å². The molecule has 7 aromatic carbocycles. The van der Waals surface area contributed by atoms with Gasteiger partial charge in [-0.15, -0.1) is 0 Å². The number of benzene rings is 7. The maximum atomic E-state index is 6.39. The van der Waals surface area contributed by atoms with Gasteiger partial charge in [0.15, 0.2) is 0 Å². The van der Waals surface area contributed by atoms with Gasteiger partial charge in [-0.25, -0.2) is 0 Å². The van der Waals surface area contributed by atoms with E-state index in [1.54, 1.807) is 0 Å². The van der Waals surface area contributed by atoms with E-state index in [0.717, 1.165) is 44.4 Å². The molecule has 0 fully saturated rings. The van der Waals surface area contributed by atoms with Crippen LogP contribution in [0.5, 0.6) is 0 Å². The van der Waals surface area contributed by atoms with Gasteiger partial charge in [0.1, 0.15) is 11.2 Å². The Morgan fingerprint density at radius 3 is 2.08 bits per heavy atom. The Morgan fingerprint density at radius 1 is 0.560 bits per heavy atom. The molecule has 10 aromatic rings. The fraction of sp³-hybridized carbons (Fsp3) is 0.0213. The van der Waals surface area contributed by atoms with Crippen LogP contribution < -0.4 is 0 Å². The Hall–Kier alpha value is -6.58. The number of rotatable bonds is 5. The number of hydrogen-bond acceptors (Lipinski definition) is 1. The Labute approximate surface area is 289 Å². The van der Waals surface area contributed by atoms with Gasteiger partial charge >= 0.3 is 0 Å². The van der Waals surface area contributed by atoms with Crippen LogP contribution in [0.1, 0.15) is 11.1 Å². The smallest absolute Gasteiger partial charge is 0.143 e. The maximum absolute atomic E-state index is 6.39. The molecule has 0 spiro atoms. The molecule has 0 saturated heterocycles. The normalized spacial score (nSPS) is 12.1. The predicted octanol–water partition coefficient (Wildman–Crippen LogP) is 13.0. The average Bonchev–Trinajstić information content (AvgIpc) is 3.82. The molecule has 10 rings (SSSR count). The van der Waals surface area contributed by atoms with Gasteiger partial charge in [0.05, 0.1) is 22.1 Å². The Morgan fingerprint density at radius 2 is 1.26 bits per heavy atom. The SMILES string of the molecule is C=C/C=C\c1cc(-n2c3ccccc3c3ccc4c(c5ccccc5n4-c4ccc(-c5cccc6c5oc5ccccc56)cc4)c32)ccc1C. The van der Waals surface area contributed by atoms with Crippen molar-refractivity contribution in [1.29, 1.82) is 0 Å². The topological polar surface area (TPSA) is 23.0 Å². The Balaban J connectivity index is 1.22. The summed E-state index contributed by atoms with van der Waals surface area (Å²) < 4.78 is 11.2. The van der Waals surface area contributed by atoms with Crippen LogP contribution >= 0.6 is 0 Å². The molecule has 3 heteroatoms. The van der Waals surface area contributed by atoms with Gasteiger partial charge in [-0.2, -0.15) is 0 Å². The molecular weight excluding hydrogens is 609 g/mol. The van der Waals surface area contributed by atoms with E-state index in [9.17, 15) is 0 Å². The highest BCUT2D eigenvalue weighted by atomic mass is 16.3. The third kappa shape index (κ3) is 4.10. The summed E-state index contributed by atoms with van der Waals surface area (Å²) in [4.78, 5) is 0. The summed E-state index contributed by atoms with van der Waals surface area (Å²) in [6.45, 7) is 6.05. The molecule has 0 bridgehead atoms. The predicted molar refractivity (Wildman–Crippen MR) is 212 cm³/mol. The van der Waals surface area contributed by atoms with Crippen LogP contribution in [0.4, 0.5) is 0 Å². The van der Waals surface area contributed by atoms with Crippen LogP contribution in [-0.4, -0.2) is 9.13 Å². The molecule has 3 aromatic heterocycles. The third-order valence-corrected chi connectivity index (χ3v) is 10.2. The van der Waals surface area contributed by atoms with E-state index in [1.165, 1.54) is 54.7 Å². The second-order valence-electron chi connectivity index (χ2n) is 13.0. The number of allylic oxidation sites excluding steroid dienone is 2. The van der Waals surface area contributed by atoms with E-state index in [1.807, 2.05) is 24.3 Å². The molecule has 0 radical (unpaired) electrons. The van der Waals surface area contributed by atoms with Crippen LogP contribution in [-0.2, 0) is 0 Å². The third-order valence-electron chi connectivity index (χ3n) is 10.2. The number of aryl methyl sites for hydroxylation is 1. The summed E-state index contributed by atoms with van der Waals surface area (Å²) in [5.74, 6) is 0. The number of nitrogens with zero attached hydrogens (tertiary/aromatic N) is 2. The zero-order valence-corrected chi connectivity index (χ0v) is 27.6. The summed E-state index contributed by atoms with van der Waals surface area (Å²) in [5, 5.41) is 7.25. The summed E-state index contributed by atoms with van der Waals surface area (Å²) in [7, 11) is 0. The van der Waals surface area contributed by atoms with E-state index in [2.05, 4.69) is 162 Å². The minimum Gasteiger partial charge on any atom is -0.455 e. The summed E-state index contributed by atoms with van der Waals surface area (Å²) in [5.41, 5.74) is 13.5. The van der Waals surface area contributed by atoms with Gasteiger partial charge in [-0.05, 0) is 72.1 Å². The molecule has 236 valence electrons. The molecule has 0 aliphatic rings. The molecule has 0 atom stereocenters. The van der Waals surface area contributed by atoms with E-state index < -0.39 is 0 Å². The Kier molecular flexibility index (Phi) is 6.24. The largest absolute Gasteiger partial charge is 0.455 e. The summed E-state index contributed by atoms with van der Waals surface area (Å²) >= 11 is 0. The zero-order valence-electron chi connectivity index (χ0n) is 27.6. The first-order valence-electron chi connectivity index (χ1n) is 17.1. The minimum absolute atomic E-state index is 0.913. The fourth-order valence-electron chi connectivity index (χ4n) is 7.94. The number of fused-ring (bicyclic) bond motifs is 10. The van der Waals surface area contributed by atoms with Crippen LogP contribution in [0.3, 0.4) is 0 Å². The van der Waals surface area contributed by atoms with Crippen LogP contribution in [0.25, 0.3) is 94.1 Å². The monoisotopic (exact) mass is 640 g/mol. The van der Waals surface area contributed by atoms with Crippen molar-refractivity contribution in [1.82, 2.24) is 9.13 Å².